The Balaban J connectivity index is 1.91. The number of carbonyl (C=O) groups is 2. The molecular weight excluding hydrogens is 514 g/mol. The van der Waals surface area contributed by atoms with Gasteiger partial charge in [-0.1, -0.05) is 0 Å². The van der Waals surface area contributed by atoms with Crippen LogP contribution in [0, 0.1) is 17.2 Å². The Morgan fingerprint density at radius 1 is 1.00 bits per heavy atom. The van der Waals surface area contributed by atoms with Gasteiger partial charge < -0.3 is 29.2 Å². The molecule has 39 heavy (non-hydrogen) atoms. The van der Waals surface area contributed by atoms with Crippen LogP contribution in [0.1, 0.15) is 47.9 Å². The van der Waals surface area contributed by atoms with Crippen molar-refractivity contribution in [2.45, 2.75) is 33.2 Å². The first-order chi connectivity index (χ1) is 18.7. The fraction of sp³-hybridized carbons (Fsp3) is 0.429. The summed E-state index contributed by atoms with van der Waals surface area (Å²) in [4.78, 5) is 33.6. The summed E-state index contributed by atoms with van der Waals surface area (Å²) in [5.74, 6) is -2.34. The number of ketones is 2. The van der Waals surface area contributed by atoms with Crippen LogP contribution < -0.4 is 16.0 Å². The van der Waals surface area contributed by atoms with Gasteiger partial charge in [0, 0.05) is 63.6 Å². The molecule has 0 fully saturated rings. The molecule has 0 aliphatic heterocycles. The van der Waals surface area contributed by atoms with Crippen LogP contribution in [-0.2, 0) is 13.3 Å². The number of nitrogens with zero attached hydrogens (tertiary/aromatic N) is 3. The molecule has 0 spiro atoms. The lowest BCUT2D eigenvalue weighted by Gasteiger charge is -2.28. The molecule has 3 N–H and O–H groups in total. The molecule has 3 rings (SSSR count). The second-order valence-electron chi connectivity index (χ2n) is 9.13. The molecule has 10 nitrogen and oxygen atoms in total. The van der Waals surface area contributed by atoms with Crippen LogP contribution in [0.3, 0.4) is 0 Å². The summed E-state index contributed by atoms with van der Waals surface area (Å²) in [6, 6.07) is 13.3. The summed E-state index contributed by atoms with van der Waals surface area (Å²) in [6.45, 7) is 7.23. The van der Waals surface area contributed by atoms with Gasteiger partial charge in [0.05, 0.1) is 22.9 Å². The van der Waals surface area contributed by atoms with Gasteiger partial charge >= 0.3 is 8.80 Å². The van der Waals surface area contributed by atoms with Crippen LogP contribution in [0.2, 0.25) is 6.04 Å². The lowest BCUT2D eigenvalue weighted by molar-refractivity contribution is 0.0709. The van der Waals surface area contributed by atoms with E-state index in [4.69, 9.17) is 19.0 Å². The maximum atomic E-state index is 13.7. The number of nitrogen functional groups attached to an aromatic ring is 1. The van der Waals surface area contributed by atoms with Gasteiger partial charge in [-0.2, -0.15) is 5.26 Å². The number of anilines is 4. The highest BCUT2D eigenvalue weighted by atomic mass is 28.4. The number of carbonyl (C=O) groups excluding carboxylic acids is 2. The molecule has 0 saturated heterocycles. The highest BCUT2D eigenvalue weighted by Crippen LogP contribution is 2.35. The number of hydrogen-bond donors (Lipinski definition) is 2. The van der Waals surface area contributed by atoms with Crippen molar-refractivity contribution >= 4 is 48.8 Å². The number of aliphatic imine (C=N–C) groups is 1. The molecule has 0 amide bonds. The van der Waals surface area contributed by atoms with Crippen LogP contribution in [0.5, 0.6) is 0 Å². The predicted molar refractivity (Wildman–Crippen MR) is 155 cm³/mol. The Labute approximate surface area is 231 Å². The number of nitriles is 1. The molecule has 11 heteroatoms. The number of benzene rings is 2. The normalized spacial score (nSPS) is 16.2. The molecule has 0 heterocycles. The first-order valence-corrected chi connectivity index (χ1v) is 15.1. The third kappa shape index (κ3) is 6.72. The van der Waals surface area contributed by atoms with Crippen molar-refractivity contribution in [3.63, 3.8) is 0 Å². The van der Waals surface area contributed by atoms with Crippen molar-refractivity contribution in [3.05, 3.63) is 47.5 Å². The van der Waals surface area contributed by atoms with Crippen LogP contribution >= 0.6 is 0 Å². The molecule has 0 aromatic heterocycles. The van der Waals surface area contributed by atoms with Crippen molar-refractivity contribution in [1.82, 2.24) is 0 Å². The minimum Gasteiger partial charge on any atom is -0.398 e. The number of nitrogens with one attached hydrogen (secondary N) is 1. The van der Waals surface area contributed by atoms with Crippen molar-refractivity contribution < 1.29 is 22.9 Å². The van der Waals surface area contributed by atoms with E-state index in [1.165, 1.54) is 0 Å². The van der Waals surface area contributed by atoms with Gasteiger partial charge in [0.15, 0.2) is 11.7 Å². The first kappa shape index (κ1) is 30.0. The molecule has 2 aromatic rings. The number of hydrogen-bond acceptors (Lipinski definition) is 10. The summed E-state index contributed by atoms with van der Waals surface area (Å²) in [7, 11) is 1.01. The quantitative estimate of drug-likeness (QED) is 0.209. The minimum absolute atomic E-state index is 0.0517. The fourth-order valence-corrected chi connectivity index (χ4v) is 7.12. The number of nitrogens with two attached hydrogens (primary N) is 1. The summed E-state index contributed by atoms with van der Waals surface area (Å²) in [5, 5.41) is 13.0. The molecule has 0 radical (unpaired) electrons. The first-order valence-electron chi connectivity index (χ1n) is 13.1. The third-order valence-electron chi connectivity index (χ3n) is 6.29. The Kier molecular flexibility index (Phi) is 10.4. The van der Waals surface area contributed by atoms with Crippen LogP contribution in [0.15, 0.2) is 41.4 Å². The van der Waals surface area contributed by atoms with Gasteiger partial charge in [-0.15, -0.1) is 0 Å². The minimum atomic E-state index is -2.88. The van der Waals surface area contributed by atoms with E-state index in [9.17, 15) is 14.9 Å². The number of Topliss-reactive ketones (excluding diaryl/α,β-unsaturated/α-hetero) is 2. The maximum absolute atomic E-state index is 13.7. The average Bonchev–Trinajstić information content (AvgIpc) is 2.91. The second-order valence-corrected chi connectivity index (χ2v) is 11.9. The van der Waals surface area contributed by atoms with Gasteiger partial charge in [0.2, 0.25) is 5.78 Å². The Bertz CT molecular complexity index is 1240. The summed E-state index contributed by atoms with van der Waals surface area (Å²) < 4.78 is 17.6. The molecule has 0 bridgehead atoms. The van der Waals surface area contributed by atoms with E-state index in [-0.39, 0.29) is 29.1 Å². The lowest BCUT2D eigenvalue weighted by Crippen LogP contribution is -2.46. The SMILES string of the molecule is CCO[Si](CCCN=C1C(=O)c2c(Nc3ccc(N(C)C)cc3)ccc(N)c2C(=O)C1C#N)(OCC)OCC. The Hall–Kier alpha value is -3.56. The largest absolute Gasteiger partial charge is 0.500 e. The number of fused-ring (bicyclic) bond motifs is 1. The van der Waals surface area contributed by atoms with Gasteiger partial charge in [0.25, 0.3) is 0 Å². The topological polar surface area (TPSA) is 139 Å². The average molecular weight is 552 g/mol. The molecule has 1 atom stereocenters. The molecule has 2 aromatic carbocycles. The van der Waals surface area contributed by atoms with Crippen molar-refractivity contribution in [3.8, 4) is 6.07 Å². The molecule has 208 valence electrons. The summed E-state index contributed by atoms with van der Waals surface area (Å²) >= 11 is 0. The van der Waals surface area contributed by atoms with Crippen LogP contribution in [0.4, 0.5) is 22.7 Å². The van der Waals surface area contributed by atoms with Gasteiger partial charge in [0.1, 0.15) is 5.71 Å². The molecule has 1 aliphatic carbocycles. The zero-order valence-corrected chi connectivity index (χ0v) is 24.2. The van der Waals surface area contributed by atoms with Crippen LogP contribution in [-0.4, -0.2) is 66.5 Å². The maximum Gasteiger partial charge on any atom is 0.500 e. The van der Waals surface area contributed by atoms with Gasteiger partial charge in [-0.3, -0.25) is 14.6 Å². The Morgan fingerprint density at radius 3 is 2.15 bits per heavy atom. The molecule has 1 aliphatic rings. The third-order valence-corrected chi connectivity index (χ3v) is 9.44. The van der Waals surface area contributed by atoms with E-state index in [2.05, 4.69) is 10.3 Å². The zero-order valence-electron chi connectivity index (χ0n) is 23.2. The van der Waals surface area contributed by atoms with Crippen molar-refractivity contribution in [2.24, 2.45) is 10.9 Å². The van der Waals surface area contributed by atoms with E-state index in [0.29, 0.717) is 38.0 Å². The van der Waals surface area contributed by atoms with E-state index >= 15 is 0 Å². The van der Waals surface area contributed by atoms with Gasteiger partial charge in [-0.25, -0.2) is 0 Å². The van der Waals surface area contributed by atoms with E-state index in [1.54, 1.807) is 12.1 Å². The standard InChI is InChI=1S/C28H37N5O5Si/c1-6-36-39(37-7-2,38-8-3)17-9-16-31-26-21(18-29)27(34)24-22(30)14-15-23(25(24)28(26)35)32-19-10-12-20(13-11-19)33(4)5/h10-15,21,32H,6-9,16-17,30H2,1-5H3. The lowest BCUT2D eigenvalue weighted by atomic mass is 9.79. The fourth-order valence-electron chi connectivity index (χ4n) is 4.53. The van der Waals surface area contributed by atoms with Crippen LogP contribution in [0.25, 0.3) is 0 Å². The Morgan fingerprint density at radius 2 is 1.62 bits per heavy atom. The van der Waals surface area contributed by atoms with Gasteiger partial charge in [-0.05, 0) is 63.6 Å². The molecule has 0 saturated carbocycles. The highest BCUT2D eigenvalue weighted by Gasteiger charge is 2.42. The second kappa shape index (κ2) is 13.5. The molecular formula is C28H37N5O5Si. The molecule has 1 unspecified atom stereocenters. The van der Waals surface area contributed by atoms with E-state index in [1.807, 2.05) is 70.1 Å². The number of rotatable bonds is 13. The zero-order chi connectivity index (χ0) is 28.6. The van der Waals surface area contributed by atoms with E-state index in [0.717, 1.165) is 11.4 Å². The van der Waals surface area contributed by atoms with Crippen molar-refractivity contribution in [2.75, 3.05) is 56.4 Å². The monoisotopic (exact) mass is 551 g/mol. The summed E-state index contributed by atoms with van der Waals surface area (Å²) in [6.07, 6.45) is 0.502. The highest BCUT2D eigenvalue weighted by molar-refractivity contribution is 6.60. The smallest absolute Gasteiger partial charge is 0.398 e. The van der Waals surface area contributed by atoms with Crippen molar-refractivity contribution in [1.29, 1.82) is 5.26 Å². The van der Waals surface area contributed by atoms with E-state index < -0.39 is 26.3 Å². The summed E-state index contributed by atoms with van der Waals surface area (Å²) in [5.41, 5.74) is 8.56. The predicted octanol–water partition coefficient (Wildman–Crippen LogP) is 4.48.